The second-order valence-corrected chi connectivity index (χ2v) is 8.35. The molecule has 0 unspecified atom stereocenters. The third kappa shape index (κ3) is 5.25. The number of rotatable bonds is 6. The van der Waals surface area contributed by atoms with Gasteiger partial charge in [0.05, 0.1) is 23.4 Å². The third-order valence-electron chi connectivity index (χ3n) is 5.75. The molecule has 0 aliphatic carbocycles. The Morgan fingerprint density at radius 2 is 2.09 bits per heavy atom. The summed E-state index contributed by atoms with van der Waals surface area (Å²) in [5, 5.41) is 4.17. The SMILES string of the molecule is COc1cc(-c2ncc(C(F)(F)F)cc2Cl)cc2c1OCCN([C@H](C)CCn1cccn1)C2. The van der Waals surface area contributed by atoms with Crippen molar-refractivity contribution >= 4 is 11.6 Å². The minimum Gasteiger partial charge on any atom is -0.493 e. The number of fused-ring (bicyclic) bond motifs is 1. The summed E-state index contributed by atoms with van der Waals surface area (Å²) in [6.45, 7) is 4.77. The number of pyridine rings is 1. The average molecular weight is 481 g/mol. The lowest BCUT2D eigenvalue weighted by atomic mass is 10.0. The van der Waals surface area contributed by atoms with Crippen molar-refractivity contribution in [3.8, 4) is 22.8 Å². The van der Waals surface area contributed by atoms with Gasteiger partial charge in [0.2, 0.25) is 0 Å². The van der Waals surface area contributed by atoms with E-state index in [-0.39, 0.29) is 16.8 Å². The Labute approximate surface area is 194 Å². The van der Waals surface area contributed by atoms with Crippen molar-refractivity contribution in [2.75, 3.05) is 20.3 Å². The van der Waals surface area contributed by atoms with Gasteiger partial charge in [0, 0.05) is 55.4 Å². The molecule has 0 spiro atoms. The average Bonchev–Trinajstić information content (AvgIpc) is 3.21. The van der Waals surface area contributed by atoms with Crippen LogP contribution in [-0.4, -0.2) is 46.0 Å². The Morgan fingerprint density at radius 1 is 1.27 bits per heavy atom. The molecular weight excluding hydrogens is 457 g/mol. The highest BCUT2D eigenvalue weighted by Gasteiger charge is 2.32. The van der Waals surface area contributed by atoms with Gasteiger partial charge in [-0.2, -0.15) is 18.3 Å². The molecule has 0 saturated carbocycles. The van der Waals surface area contributed by atoms with Crippen molar-refractivity contribution in [3.05, 3.63) is 59.0 Å². The molecule has 1 aromatic carbocycles. The molecule has 3 heterocycles. The maximum absolute atomic E-state index is 13.0. The van der Waals surface area contributed by atoms with E-state index in [1.54, 1.807) is 12.3 Å². The molecule has 0 N–H and O–H groups in total. The molecule has 1 aliphatic heterocycles. The van der Waals surface area contributed by atoms with Crippen LogP contribution in [0.4, 0.5) is 13.2 Å². The third-order valence-corrected chi connectivity index (χ3v) is 6.04. The lowest BCUT2D eigenvalue weighted by molar-refractivity contribution is -0.137. The molecule has 176 valence electrons. The summed E-state index contributed by atoms with van der Waals surface area (Å²) in [5.74, 6) is 1.12. The Hall–Kier alpha value is -2.78. The van der Waals surface area contributed by atoms with Gasteiger partial charge in [-0.25, -0.2) is 0 Å². The Kier molecular flexibility index (Phi) is 6.81. The van der Waals surface area contributed by atoms with Crippen molar-refractivity contribution in [1.29, 1.82) is 0 Å². The molecule has 6 nitrogen and oxygen atoms in total. The smallest absolute Gasteiger partial charge is 0.417 e. The van der Waals surface area contributed by atoms with Gasteiger partial charge in [-0.15, -0.1) is 0 Å². The minimum atomic E-state index is -4.51. The van der Waals surface area contributed by atoms with Gasteiger partial charge in [0.1, 0.15) is 6.61 Å². The zero-order valence-electron chi connectivity index (χ0n) is 18.3. The molecule has 2 aromatic heterocycles. The van der Waals surface area contributed by atoms with Gasteiger partial charge in [-0.05, 0) is 37.6 Å². The first-order chi connectivity index (χ1) is 15.8. The van der Waals surface area contributed by atoms with E-state index in [9.17, 15) is 13.2 Å². The van der Waals surface area contributed by atoms with E-state index in [1.807, 2.05) is 23.0 Å². The maximum atomic E-state index is 13.0. The summed E-state index contributed by atoms with van der Waals surface area (Å²) >= 11 is 6.20. The molecular formula is C23H24ClF3N4O2. The number of aromatic nitrogens is 3. The summed E-state index contributed by atoms with van der Waals surface area (Å²) in [6, 6.07) is 6.60. The van der Waals surface area contributed by atoms with E-state index in [0.29, 0.717) is 30.2 Å². The van der Waals surface area contributed by atoms with E-state index in [2.05, 4.69) is 21.9 Å². The van der Waals surface area contributed by atoms with Crippen LogP contribution in [0, 0.1) is 0 Å². The first-order valence-electron chi connectivity index (χ1n) is 10.5. The summed E-state index contributed by atoms with van der Waals surface area (Å²) in [4.78, 5) is 6.31. The van der Waals surface area contributed by atoms with E-state index in [0.717, 1.165) is 37.3 Å². The van der Waals surface area contributed by atoms with E-state index in [1.165, 1.54) is 7.11 Å². The molecule has 0 radical (unpaired) electrons. The number of benzene rings is 1. The predicted molar refractivity (Wildman–Crippen MR) is 118 cm³/mol. The molecule has 0 saturated heterocycles. The van der Waals surface area contributed by atoms with Crippen LogP contribution < -0.4 is 9.47 Å². The van der Waals surface area contributed by atoms with Crippen molar-refractivity contribution in [3.63, 3.8) is 0 Å². The van der Waals surface area contributed by atoms with Crippen molar-refractivity contribution in [1.82, 2.24) is 19.7 Å². The predicted octanol–water partition coefficient (Wildman–Crippen LogP) is 5.30. The van der Waals surface area contributed by atoms with E-state index in [4.69, 9.17) is 21.1 Å². The topological polar surface area (TPSA) is 52.4 Å². The van der Waals surface area contributed by atoms with Crippen LogP contribution in [0.15, 0.2) is 42.9 Å². The largest absolute Gasteiger partial charge is 0.493 e. The highest BCUT2D eigenvalue weighted by atomic mass is 35.5. The fourth-order valence-electron chi connectivity index (χ4n) is 3.91. The zero-order chi connectivity index (χ0) is 23.6. The second-order valence-electron chi connectivity index (χ2n) is 7.94. The van der Waals surface area contributed by atoms with E-state index >= 15 is 0 Å². The number of nitrogens with zero attached hydrogens (tertiary/aromatic N) is 4. The van der Waals surface area contributed by atoms with Crippen LogP contribution in [0.3, 0.4) is 0 Å². The van der Waals surface area contributed by atoms with Crippen LogP contribution in [0.5, 0.6) is 11.5 Å². The highest BCUT2D eigenvalue weighted by Crippen LogP contribution is 2.41. The van der Waals surface area contributed by atoms with Crippen LogP contribution >= 0.6 is 11.6 Å². The van der Waals surface area contributed by atoms with Gasteiger partial charge in [-0.3, -0.25) is 14.6 Å². The van der Waals surface area contributed by atoms with Crippen molar-refractivity contribution in [2.24, 2.45) is 0 Å². The van der Waals surface area contributed by atoms with Crippen LogP contribution in [0.2, 0.25) is 5.02 Å². The molecule has 1 aliphatic rings. The summed E-state index contributed by atoms with van der Waals surface area (Å²) < 4.78 is 52.5. The Balaban J connectivity index is 1.62. The summed E-state index contributed by atoms with van der Waals surface area (Å²) in [6.07, 6.45) is 0.876. The first kappa shape index (κ1) is 23.4. The Morgan fingerprint density at radius 3 is 2.76 bits per heavy atom. The summed E-state index contributed by atoms with van der Waals surface area (Å²) in [5.41, 5.74) is 0.802. The normalized spacial score (nSPS) is 15.5. The fraction of sp³-hybridized carbons (Fsp3) is 0.391. The maximum Gasteiger partial charge on any atom is 0.417 e. The number of ether oxygens (including phenoxy) is 2. The van der Waals surface area contributed by atoms with Crippen molar-refractivity contribution in [2.45, 2.75) is 38.7 Å². The fourth-order valence-corrected chi connectivity index (χ4v) is 4.18. The molecule has 10 heteroatoms. The van der Waals surface area contributed by atoms with Crippen LogP contribution in [0.25, 0.3) is 11.3 Å². The molecule has 4 rings (SSSR count). The van der Waals surface area contributed by atoms with Crippen molar-refractivity contribution < 1.29 is 22.6 Å². The highest BCUT2D eigenvalue weighted by molar-refractivity contribution is 6.33. The quantitative estimate of drug-likeness (QED) is 0.479. The molecule has 33 heavy (non-hydrogen) atoms. The molecule has 0 bridgehead atoms. The van der Waals surface area contributed by atoms with Gasteiger partial charge in [-0.1, -0.05) is 11.6 Å². The van der Waals surface area contributed by atoms with Crippen LogP contribution in [0.1, 0.15) is 24.5 Å². The molecule has 0 fully saturated rings. The monoisotopic (exact) mass is 480 g/mol. The number of hydrogen-bond acceptors (Lipinski definition) is 5. The van der Waals surface area contributed by atoms with E-state index < -0.39 is 11.7 Å². The number of aryl methyl sites for hydroxylation is 1. The van der Waals surface area contributed by atoms with Gasteiger partial charge in [0.15, 0.2) is 11.5 Å². The number of methoxy groups -OCH3 is 1. The standard InChI is InChI=1S/C23H24ClF3N4O2/c1-15(4-7-31-6-3-5-29-31)30-8-9-33-22-17(14-30)10-16(11-20(22)32-2)21-19(24)12-18(13-28-21)23(25,26)27/h3,5-6,10-13,15H,4,7-9,14H2,1-2H3/t15-/m1/s1. The number of alkyl halides is 3. The lowest BCUT2D eigenvalue weighted by Gasteiger charge is -2.27. The molecule has 3 aromatic rings. The molecule has 1 atom stereocenters. The minimum absolute atomic E-state index is 0.0779. The zero-order valence-corrected chi connectivity index (χ0v) is 19.0. The number of halogens is 4. The number of hydrogen-bond donors (Lipinski definition) is 0. The second kappa shape index (κ2) is 9.61. The summed E-state index contributed by atoms with van der Waals surface area (Å²) in [7, 11) is 1.53. The van der Waals surface area contributed by atoms with Gasteiger partial charge < -0.3 is 9.47 Å². The lowest BCUT2D eigenvalue weighted by Crippen LogP contribution is -2.35. The van der Waals surface area contributed by atoms with Gasteiger partial charge in [0.25, 0.3) is 0 Å². The van der Waals surface area contributed by atoms with Gasteiger partial charge >= 0.3 is 6.18 Å². The molecule has 0 amide bonds. The first-order valence-corrected chi connectivity index (χ1v) is 10.9. The van der Waals surface area contributed by atoms with Crippen LogP contribution in [-0.2, 0) is 19.3 Å². The Bertz CT molecular complexity index is 1110.